The van der Waals surface area contributed by atoms with Crippen molar-refractivity contribution in [3.63, 3.8) is 0 Å². The Bertz CT molecular complexity index is 1110. The molecule has 2 amide bonds. The Morgan fingerprint density at radius 2 is 1.92 bits per heavy atom. The number of aromatic nitrogens is 2. The maximum atomic E-state index is 13.6. The highest BCUT2D eigenvalue weighted by Crippen LogP contribution is 2.36. The van der Waals surface area contributed by atoms with E-state index in [2.05, 4.69) is 22.2 Å². The highest BCUT2D eigenvalue weighted by atomic mass is 19.1. The van der Waals surface area contributed by atoms with Crippen molar-refractivity contribution in [3.05, 3.63) is 89.8 Å². The predicted molar refractivity (Wildman–Crippen MR) is 135 cm³/mol. The Morgan fingerprint density at radius 3 is 2.58 bits per heavy atom. The van der Waals surface area contributed by atoms with Crippen LogP contribution >= 0.6 is 0 Å². The molecule has 8 heteroatoms. The number of nitrogens with one attached hydrogen (secondary N) is 2. The molecular weight excluding hydrogens is 459 g/mol. The molecule has 4 rings (SSSR count). The first-order chi connectivity index (χ1) is 17.5. The van der Waals surface area contributed by atoms with Crippen molar-refractivity contribution in [3.8, 4) is 0 Å². The van der Waals surface area contributed by atoms with Crippen LogP contribution in [0.15, 0.2) is 67.1 Å². The van der Waals surface area contributed by atoms with Gasteiger partial charge in [0.05, 0.1) is 19.4 Å². The van der Waals surface area contributed by atoms with E-state index in [9.17, 15) is 14.0 Å². The lowest BCUT2D eigenvalue weighted by atomic mass is 9.84. The molecule has 7 nitrogen and oxygen atoms in total. The molecule has 1 atom stereocenters. The number of halogens is 1. The minimum Gasteiger partial charge on any atom is -0.367 e. The number of H-pyrrole nitrogens is 1. The Hall–Kier alpha value is -3.52. The number of unbranched alkanes of at least 4 members (excludes halogenated alkanes) is 1. The maximum Gasteiger partial charge on any atom is 0.245 e. The van der Waals surface area contributed by atoms with Crippen LogP contribution in [-0.2, 0) is 32.8 Å². The minimum absolute atomic E-state index is 0.167. The summed E-state index contributed by atoms with van der Waals surface area (Å²) in [5.41, 5.74) is 2.13. The van der Waals surface area contributed by atoms with E-state index >= 15 is 0 Å². The van der Waals surface area contributed by atoms with Gasteiger partial charge < -0.3 is 19.9 Å². The summed E-state index contributed by atoms with van der Waals surface area (Å²) in [7, 11) is 0. The third kappa shape index (κ3) is 6.37. The van der Waals surface area contributed by atoms with Crippen LogP contribution in [0.25, 0.3) is 0 Å². The number of hydrogen-bond donors (Lipinski definition) is 2. The van der Waals surface area contributed by atoms with Crippen LogP contribution in [0.4, 0.5) is 4.39 Å². The number of aryl methyl sites for hydroxylation is 1. The molecule has 0 radical (unpaired) electrons. The number of aromatic amines is 1. The van der Waals surface area contributed by atoms with Crippen molar-refractivity contribution in [2.45, 2.75) is 50.7 Å². The molecular formula is C28H33FN4O3. The first-order valence-electron chi connectivity index (χ1n) is 12.5. The predicted octanol–water partition coefficient (Wildman–Crippen LogP) is 3.76. The molecule has 2 aromatic carbocycles. The highest BCUT2D eigenvalue weighted by Gasteiger charge is 2.48. The Balaban J connectivity index is 1.45. The van der Waals surface area contributed by atoms with E-state index in [1.807, 2.05) is 30.3 Å². The van der Waals surface area contributed by atoms with Crippen molar-refractivity contribution in [1.82, 2.24) is 20.2 Å². The van der Waals surface area contributed by atoms with E-state index in [0.29, 0.717) is 26.1 Å². The van der Waals surface area contributed by atoms with E-state index in [4.69, 9.17) is 4.74 Å². The lowest BCUT2D eigenvalue weighted by Gasteiger charge is -2.51. The maximum absolute atomic E-state index is 13.6. The number of rotatable bonds is 12. The van der Waals surface area contributed by atoms with Crippen LogP contribution in [0.3, 0.4) is 0 Å². The fourth-order valence-electron chi connectivity index (χ4n) is 4.45. The zero-order chi connectivity index (χ0) is 25.4. The van der Waals surface area contributed by atoms with Gasteiger partial charge in [-0.25, -0.2) is 9.37 Å². The summed E-state index contributed by atoms with van der Waals surface area (Å²) in [6.45, 7) is 3.58. The number of imidazole rings is 1. The molecule has 2 N–H and O–H groups in total. The fraction of sp³-hybridized carbons (Fsp3) is 0.393. The summed E-state index contributed by atoms with van der Waals surface area (Å²) in [6.07, 6.45) is 6.22. The molecule has 190 valence electrons. The monoisotopic (exact) mass is 492 g/mol. The second-order valence-electron chi connectivity index (χ2n) is 9.28. The Morgan fingerprint density at radius 1 is 1.17 bits per heavy atom. The van der Waals surface area contributed by atoms with Gasteiger partial charge in [0, 0.05) is 31.3 Å². The third-order valence-corrected chi connectivity index (χ3v) is 6.54. The van der Waals surface area contributed by atoms with Crippen LogP contribution < -0.4 is 5.32 Å². The third-order valence-electron chi connectivity index (χ3n) is 6.54. The minimum atomic E-state index is -0.755. The largest absolute Gasteiger partial charge is 0.367 e. The number of ether oxygens (including phenoxy) is 1. The fourth-order valence-corrected chi connectivity index (χ4v) is 4.45. The van der Waals surface area contributed by atoms with Gasteiger partial charge in [0.1, 0.15) is 17.5 Å². The van der Waals surface area contributed by atoms with Gasteiger partial charge in [-0.15, -0.1) is 0 Å². The summed E-state index contributed by atoms with van der Waals surface area (Å²) in [5, 5.41) is 2.91. The van der Waals surface area contributed by atoms with Gasteiger partial charge in [-0.1, -0.05) is 55.8 Å². The molecule has 3 aromatic rings. The smallest absolute Gasteiger partial charge is 0.245 e. The van der Waals surface area contributed by atoms with Gasteiger partial charge in [-0.05, 0) is 36.1 Å². The number of hydrogen-bond acceptors (Lipinski definition) is 4. The van der Waals surface area contributed by atoms with Crippen molar-refractivity contribution in [2.24, 2.45) is 0 Å². The normalized spacial score (nSPS) is 15.2. The van der Waals surface area contributed by atoms with Crippen LogP contribution in [0.1, 0.15) is 43.0 Å². The van der Waals surface area contributed by atoms with Crippen LogP contribution in [-0.4, -0.2) is 52.4 Å². The van der Waals surface area contributed by atoms with Gasteiger partial charge in [0.25, 0.3) is 0 Å². The van der Waals surface area contributed by atoms with Gasteiger partial charge in [-0.2, -0.15) is 0 Å². The molecule has 1 fully saturated rings. The summed E-state index contributed by atoms with van der Waals surface area (Å²) >= 11 is 0. The molecule has 0 bridgehead atoms. The highest BCUT2D eigenvalue weighted by molar-refractivity contribution is 5.88. The molecule has 1 aliphatic rings. The van der Waals surface area contributed by atoms with Gasteiger partial charge >= 0.3 is 0 Å². The van der Waals surface area contributed by atoms with Gasteiger partial charge in [0.2, 0.25) is 11.8 Å². The lowest BCUT2D eigenvalue weighted by molar-refractivity contribution is -0.175. The number of benzene rings is 2. The van der Waals surface area contributed by atoms with Gasteiger partial charge in [-0.3, -0.25) is 9.59 Å². The lowest BCUT2D eigenvalue weighted by Crippen LogP contribution is -2.66. The van der Waals surface area contributed by atoms with Gasteiger partial charge in [0.15, 0.2) is 0 Å². The quantitative estimate of drug-likeness (QED) is 0.377. The number of carbonyl (C=O) groups is 2. The molecule has 0 aliphatic carbocycles. The van der Waals surface area contributed by atoms with Crippen molar-refractivity contribution in [1.29, 1.82) is 0 Å². The standard InChI is InChI=1S/C28H33FN4O3/c1-2-3-15-36-28(22-7-5-4-6-8-22)18-33(19-28)27(35)25(16-21-9-11-23(29)12-10-21)32-26(34)14-13-24-17-30-20-31-24/h4-12,17,20,25H,2-3,13-16,18-19H2,1H3,(H,30,31)(H,32,34)/t25-/m1/s1. The average Bonchev–Trinajstić information content (AvgIpc) is 3.39. The average molecular weight is 493 g/mol. The first kappa shape index (κ1) is 25.6. The zero-order valence-electron chi connectivity index (χ0n) is 20.6. The van der Waals surface area contributed by atoms with E-state index < -0.39 is 11.6 Å². The Kier molecular flexibility index (Phi) is 8.48. The number of amides is 2. The molecule has 0 unspecified atom stereocenters. The van der Waals surface area contributed by atoms with E-state index in [1.54, 1.807) is 29.6 Å². The van der Waals surface area contributed by atoms with Crippen molar-refractivity contribution in [2.75, 3.05) is 19.7 Å². The molecule has 1 aliphatic heterocycles. The van der Waals surface area contributed by atoms with E-state index in [1.165, 1.54) is 12.1 Å². The molecule has 0 saturated carbocycles. The topological polar surface area (TPSA) is 87.3 Å². The number of nitrogens with zero attached hydrogens (tertiary/aromatic N) is 2. The summed E-state index contributed by atoms with van der Waals surface area (Å²) in [5.74, 6) is -0.733. The Labute approximate surface area is 211 Å². The summed E-state index contributed by atoms with van der Waals surface area (Å²) in [6, 6.07) is 15.2. The van der Waals surface area contributed by atoms with Crippen LogP contribution in [0, 0.1) is 5.82 Å². The summed E-state index contributed by atoms with van der Waals surface area (Å²) < 4.78 is 19.7. The SMILES string of the molecule is CCCCOC1(c2ccccc2)CN(C(=O)[C@@H](Cc2ccc(F)cc2)NC(=O)CCc2cnc[nH]2)C1. The zero-order valence-corrected chi connectivity index (χ0v) is 20.6. The van der Waals surface area contributed by atoms with Crippen molar-refractivity contribution < 1.29 is 18.7 Å². The molecule has 1 aromatic heterocycles. The number of likely N-dealkylation sites (tertiary alicyclic amines) is 1. The first-order valence-corrected chi connectivity index (χ1v) is 12.5. The van der Waals surface area contributed by atoms with E-state index in [-0.39, 0.29) is 30.5 Å². The molecule has 1 saturated heterocycles. The molecule has 0 spiro atoms. The van der Waals surface area contributed by atoms with Crippen LogP contribution in [0.2, 0.25) is 0 Å². The number of carbonyl (C=O) groups excluding carboxylic acids is 2. The second-order valence-corrected chi connectivity index (χ2v) is 9.28. The molecule has 36 heavy (non-hydrogen) atoms. The van der Waals surface area contributed by atoms with Crippen LogP contribution in [0.5, 0.6) is 0 Å². The van der Waals surface area contributed by atoms with E-state index in [0.717, 1.165) is 29.7 Å². The summed E-state index contributed by atoms with van der Waals surface area (Å²) in [4.78, 5) is 35.0. The van der Waals surface area contributed by atoms with Crippen molar-refractivity contribution >= 4 is 11.8 Å². The second kappa shape index (κ2) is 11.9. The molecule has 2 heterocycles.